The van der Waals surface area contributed by atoms with Gasteiger partial charge in [-0.25, -0.2) is 8.93 Å². The van der Waals surface area contributed by atoms with Crippen LogP contribution in [-0.2, 0) is 11.0 Å². The van der Waals surface area contributed by atoms with Crippen molar-refractivity contribution in [3.05, 3.63) is 0 Å². The van der Waals surface area contributed by atoms with Crippen molar-refractivity contribution in [3.63, 3.8) is 0 Å². The van der Waals surface area contributed by atoms with Crippen LogP contribution in [0.2, 0.25) is 0 Å². The number of hydrogen-bond acceptors (Lipinski definition) is 2. The number of rotatable bonds is 4. The van der Waals surface area contributed by atoms with E-state index in [0.717, 1.165) is 0 Å². The van der Waals surface area contributed by atoms with Crippen molar-refractivity contribution < 1.29 is 4.21 Å². The van der Waals surface area contributed by atoms with Gasteiger partial charge in [0, 0.05) is 5.92 Å². The quantitative estimate of drug-likeness (QED) is 0.808. The molecule has 0 bridgehead atoms. The molecule has 0 amide bonds. The van der Waals surface area contributed by atoms with E-state index < -0.39 is 25.6 Å². The molecule has 3 nitrogen and oxygen atoms in total. The number of halogens is 3. The Morgan fingerprint density at radius 1 is 1.35 bits per heavy atom. The predicted octanol–water partition coefficient (Wildman–Crippen LogP) is 3.33. The van der Waals surface area contributed by atoms with Gasteiger partial charge in [0.1, 0.15) is 6.04 Å². The third-order valence-corrected chi connectivity index (χ3v) is 4.84. The lowest BCUT2D eigenvalue weighted by Crippen LogP contribution is -2.40. The molecule has 0 saturated carbocycles. The number of nitrogens with one attached hydrogen (secondary N) is 1. The fourth-order valence-electron chi connectivity index (χ4n) is 0.920. The van der Waals surface area contributed by atoms with Crippen LogP contribution in [0.3, 0.4) is 0 Å². The molecule has 0 aromatic carbocycles. The smallest absolute Gasteiger partial charge is 0.193 e. The van der Waals surface area contributed by atoms with Crippen molar-refractivity contribution >= 4 is 45.8 Å². The van der Waals surface area contributed by atoms with Gasteiger partial charge >= 0.3 is 0 Å². The maximum absolute atomic E-state index is 11.8. The second-order valence-corrected chi connectivity index (χ2v) is 9.23. The van der Waals surface area contributed by atoms with Crippen molar-refractivity contribution in [2.45, 2.75) is 48.7 Å². The Labute approximate surface area is 120 Å². The number of nitrogens with zero attached hydrogens (tertiary/aromatic N) is 1. The Balaban J connectivity index is 4.49. The zero-order chi connectivity index (χ0) is 13.9. The molecule has 1 N–H and O–H groups in total. The summed E-state index contributed by atoms with van der Waals surface area (Å²) in [6.45, 7) is 7.20. The molecule has 0 aliphatic heterocycles. The van der Waals surface area contributed by atoms with E-state index in [2.05, 4.69) is 4.72 Å². The highest BCUT2D eigenvalue weighted by molar-refractivity contribution is 7.84. The van der Waals surface area contributed by atoms with Crippen LogP contribution >= 0.6 is 34.8 Å². The van der Waals surface area contributed by atoms with E-state index in [1.165, 1.54) is 0 Å². The summed E-state index contributed by atoms with van der Waals surface area (Å²) in [6.07, 6.45) is 0.328. The van der Waals surface area contributed by atoms with Crippen LogP contribution in [0, 0.1) is 17.2 Å². The summed E-state index contributed by atoms with van der Waals surface area (Å²) in [5.41, 5.74) is 0. The summed E-state index contributed by atoms with van der Waals surface area (Å²) in [5.74, 6) is -0.304. The minimum Gasteiger partial charge on any atom is -0.242 e. The van der Waals surface area contributed by atoms with Gasteiger partial charge in [0.15, 0.2) is 3.79 Å². The molecule has 7 heteroatoms. The van der Waals surface area contributed by atoms with Gasteiger partial charge in [0.25, 0.3) is 0 Å². The molecule has 0 saturated heterocycles. The molecule has 0 heterocycles. The van der Waals surface area contributed by atoms with Crippen LogP contribution in [0.15, 0.2) is 0 Å². The molecule has 0 radical (unpaired) electrons. The summed E-state index contributed by atoms with van der Waals surface area (Å²) in [7, 11) is -1.31. The normalized spacial score (nSPS) is 18.2. The summed E-state index contributed by atoms with van der Waals surface area (Å²) in [5, 5.41) is 8.98. The molecular formula is C10H17Cl3N2OS. The summed E-state index contributed by atoms with van der Waals surface area (Å²) in [4.78, 5) is 0. The van der Waals surface area contributed by atoms with Crippen molar-refractivity contribution in [1.82, 2.24) is 4.72 Å². The SMILES string of the molecule is C[C@@H](C[C@H](C#N)N[S@](=O)C(C)(C)C)C(Cl)(Cl)Cl. The van der Waals surface area contributed by atoms with Crippen molar-refractivity contribution in [2.75, 3.05) is 0 Å². The lowest BCUT2D eigenvalue weighted by molar-refractivity contribution is 0.495. The Kier molecular flexibility index (Phi) is 6.76. The van der Waals surface area contributed by atoms with Gasteiger partial charge in [-0.3, -0.25) is 0 Å². The van der Waals surface area contributed by atoms with Gasteiger partial charge in [-0.2, -0.15) is 5.26 Å². The molecule has 100 valence electrons. The second-order valence-electron chi connectivity index (χ2n) is 4.86. The van der Waals surface area contributed by atoms with Crippen molar-refractivity contribution in [3.8, 4) is 6.07 Å². The molecule has 3 atom stereocenters. The molecule has 0 aliphatic rings. The lowest BCUT2D eigenvalue weighted by Gasteiger charge is -2.25. The van der Waals surface area contributed by atoms with E-state index >= 15 is 0 Å². The zero-order valence-electron chi connectivity index (χ0n) is 10.3. The molecule has 0 unspecified atom stereocenters. The Hall–Kier alpha value is 0.470. The van der Waals surface area contributed by atoms with E-state index in [1.54, 1.807) is 6.92 Å². The van der Waals surface area contributed by atoms with Gasteiger partial charge in [0.2, 0.25) is 0 Å². The topological polar surface area (TPSA) is 52.9 Å². The second kappa shape index (κ2) is 6.58. The monoisotopic (exact) mass is 318 g/mol. The maximum atomic E-state index is 11.8. The largest absolute Gasteiger partial charge is 0.242 e. The number of nitriles is 1. The van der Waals surface area contributed by atoms with Crippen LogP contribution in [0.4, 0.5) is 0 Å². The minimum atomic E-state index is -1.42. The third-order valence-electron chi connectivity index (χ3n) is 2.11. The first kappa shape index (κ1) is 17.5. The Morgan fingerprint density at radius 2 is 1.82 bits per heavy atom. The molecule has 0 fully saturated rings. The van der Waals surface area contributed by atoms with E-state index in [1.807, 2.05) is 26.8 Å². The van der Waals surface area contributed by atoms with Crippen molar-refractivity contribution in [2.24, 2.45) is 5.92 Å². The number of hydrogen-bond donors (Lipinski definition) is 1. The standard InChI is InChI=1S/C10H17Cl3N2OS/c1-7(10(11,12)13)5-8(6-14)15-17(16)9(2,3)4/h7-8,15H,5H2,1-4H3/t7-,8+,17+/m0/s1. The molecule has 0 spiro atoms. The average Bonchev–Trinajstić information content (AvgIpc) is 2.13. The molecule has 0 aliphatic carbocycles. The predicted molar refractivity (Wildman–Crippen MR) is 74.5 cm³/mol. The van der Waals surface area contributed by atoms with Gasteiger partial charge in [-0.05, 0) is 27.2 Å². The summed E-state index contributed by atoms with van der Waals surface area (Å²) < 4.78 is 12.7. The first-order valence-corrected chi connectivity index (χ1v) is 7.41. The summed E-state index contributed by atoms with van der Waals surface area (Å²) >= 11 is 17.2. The van der Waals surface area contributed by atoms with Crippen LogP contribution in [0.1, 0.15) is 34.1 Å². The van der Waals surface area contributed by atoms with Crippen LogP contribution < -0.4 is 4.72 Å². The molecule has 17 heavy (non-hydrogen) atoms. The zero-order valence-corrected chi connectivity index (χ0v) is 13.3. The van der Waals surface area contributed by atoms with E-state index in [9.17, 15) is 4.21 Å². The van der Waals surface area contributed by atoms with Gasteiger partial charge in [-0.15, -0.1) is 0 Å². The summed E-state index contributed by atoms with van der Waals surface area (Å²) in [6, 6.07) is 1.43. The third kappa shape index (κ3) is 6.83. The highest BCUT2D eigenvalue weighted by Crippen LogP contribution is 2.37. The van der Waals surface area contributed by atoms with E-state index in [-0.39, 0.29) is 5.92 Å². The van der Waals surface area contributed by atoms with Crippen LogP contribution in [0.5, 0.6) is 0 Å². The highest BCUT2D eigenvalue weighted by atomic mass is 35.6. The fourth-order valence-corrected chi connectivity index (χ4v) is 1.95. The van der Waals surface area contributed by atoms with Gasteiger partial charge in [0.05, 0.1) is 21.8 Å². The Bertz CT molecular complexity index is 317. The molecule has 0 rings (SSSR count). The van der Waals surface area contributed by atoms with E-state index in [0.29, 0.717) is 6.42 Å². The molecule has 0 aromatic heterocycles. The maximum Gasteiger partial charge on any atom is 0.193 e. The number of alkyl halides is 3. The molecule has 0 aromatic rings. The van der Waals surface area contributed by atoms with Crippen LogP contribution in [0.25, 0.3) is 0 Å². The highest BCUT2D eigenvalue weighted by Gasteiger charge is 2.32. The lowest BCUT2D eigenvalue weighted by atomic mass is 10.1. The molecular weight excluding hydrogens is 303 g/mol. The van der Waals surface area contributed by atoms with Crippen LogP contribution in [-0.4, -0.2) is 18.8 Å². The Morgan fingerprint density at radius 3 is 2.12 bits per heavy atom. The first-order chi connectivity index (χ1) is 7.48. The average molecular weight is 320 g/mol. The van der Waals surface area contributed by atoms with Gasteiger partial charge in [-0.1, -0.05) is 41.7 Å². The van der Waals surface area contributed by atoms with Gasteiger partial charge < -0.3 is 0 Å². The van der Waals surface area contributed by atoms with E-state index in [4.69, 9.17) is 40.1 Å². The fraction of sp³-hybridized carbons (Fsp3) is 0.900. The first-order valence-electron chi connectivity index (χ1n) is 5.13. The minimum absolute atomic E-state index is 0.304. The van der Waals surface area contributed by atoms with Crippen molar-refractivity contribution in [1.29, 1.82) is 5.26 Å².